The molecule has 4 heteroatoms. The molecule has 2 unspecified atom stereocenters. The van der Waals surface area contributed by atoms with E-state index in [0.29, 0.717) is 0 Å². The van der Waals surface area contributed by atoms with Gasteiger partial charge < -0.3 is 8.85 Å². The molecule has 0 saturated heterocycles. The SMILES string of the molecule is CCCCCCCCNC(C)O[Si](C)(CCC)OCC. The summed E-state index contributed by atoms with van der Waals surface area (Å²) in [6.45, 7) is 12.6. The van der Waals surface area contributed by atoms with Crippen LogP contribution in [-0.4, -0.2) is 27.9 Å². The fraction of sp³-hybridized carbons (Fsp3) is 1.00. The van der Waals surface area contributed by atoms with Gasteiger partial charge in [-0.3, -0.25) is 5.32 Å². The van der Waals surface area contributed by atoms with Crippen LogP contribution in [0.1, 0.15) is 72.6 Å². The van der Waals surface area contributed by atoms with Gasteiger partial charge in [0.2, 0.25) is 0 Å². The third kappa shape index (κ3) is 10.8. The molecule has 0 fully saturated rings. The molecule has 122 valence electrons. The molecule has 0 rings (SSSR count). The maximum Gasteiger partial charge on any atom is 0.336 e. The topological polar surface area (TPSA) is 30.5 Å². The summed E-state index contributed by atoms with van der Waals surface area (Å²) in [5, 5.41) is 3.48. The van der Waals surface area contributed by atoms with Gasteiger partial charge in [-0.15, -0.1) is 0 Å². The van der Waals surface area contributed by atoms with E-state index in [4.69, 9.17) is 8.85 Å². The molecular weight excluding hydrogens is 266 g/mol. The molecular formula is C16H37NO2Si. The average Bonchev–Trinajstić information content (AvgIpc) is 2.38. The number of hydrogen-bond donors (Lipinski definition) is 1. The molecule has 0 amide bonds. The second-order valence-electron chi connectivity index (χ2n) is 5.80. The van der Waals surface area contributed by atoms with E-state index in [-0.39, 0.29) is 6.23 Å². The Morgan fingerprint density at radius 2 is 1.60 bits per heavy atom. The van der Waals surface area contributed by atoms with Crippen LogP contribution in [0.5, 0.6) is 0 Å². The van der Waals surface area contributed by atoms with Gasteiger partial charge in [0.15, 0.2) is 0 Å². The predicted molar refractivity (Wildman–Crippen MR) is 90.3 cm³/mol. The Hall–Kier alpha value is 0.0969. The van der Waals surface area contributed by atoms with Crippen molar-refractivity contribution in [1.82, 2.24) is 5.32 Å². The monoisotopic (exact) mass is 303 g/mol. The first-order chi connectivity index (χ1) is 9.58. The lowest BCUT2D eigenvalue weighted by Gasteiger charge is -2.30. The lowest BCUT2D eigenvalue weighted by atomic mass is 10.1. The van der Waals surface area contributed by atoms with Crippen molar-refractivity contribution < 1.29 is 8.85 Å². The lowest BCUT2D eigenvalue weighted by molar-refractivity contribution is 0.108. The second-order valence-corrected chi connectivity index (χ2v) is 9.09. The third-order valence-electron chi connectivity index (χ3n) is 3.54. The first-order valence-electron chi connectivity index (χ1n) is 8.63. The van der Waals surface area contributed by atoms with Crippen molar-refractivity contribution in [3.63, 3.8) is 0 Å². The summed E-state index contributed by atoms with van der Waals surface area (Å²) in [5.74, 6) is 0. The Kier molecular flexibility index (Phi) is 12.9. The van der Waals surface area contributed by atoms with Gasteiger partial charge in [-0.1, -0.05) is 52.4 Å². The zero-order valence-electron chi connectivity index (χ0n) is 14.5. The quantitative estimate of drug-likeness (QED) is 0.283. The minimum Gasteiger partial charge on any atom is -0.395 e. The van der Waals surface area contributed by atoms with E-state index < -0.39 is 8.56 Å². The highest BCUT2D eigenvalue weighted by atomic mass is 28.4. The number of unbranched alkanes of at least 4 members (excludes halogenated alkanes) is 5. The Morgan fingerprint density at radius 3 is 2.20 bits per heavy atom. The molecule has 0 radical (unpaired) electrons. The molecule has 0 aliphatic rings. The van der Waals surface area contributed by atoms with E-state index in [1.807, 2.05) is 0 Å². The van der Waals surface area contributed by atoms with Crippen LogP contribution in [0.4, 0.5) is 0 Å². The van der Waals surface area contributed by atoms with Crippen molar-refractivity contribution in [3.05, 3.63) is 0 Å². The summed E-state index contributed by atoms with van der Waals surface area (Å²) in [5.41, 5.74) is 0. The summed E-state index contributed by atoms with van der Waals surface area (Å²) in [6, 6.07) is 1.07. The molecule has 0 bridgehead atoms. The molecule has 0 saturated carbocycles. The number of hydrogen-bond acceptors (Lipinski definition) is 3. The Balaban J connectivity index is 3.71. The fourth-order valence-corrected chi connectivity index (χ4v) is 5.23. The minimum atomic E-state index is -1.96. The summed E-state index contributed by atoms with van der Waals surface area (Å²) in [7, 11) is -1.96. The second kappa shape index (κ2) is 12.8. The molecule has 0 aromatic rings. The third-order valence-corrected chi connectivity index (χ3v) is 6.70. The smallest absolute Gasteiger partial charge is 0.336 e. The van der Waals surface area contributed by atoms with Crippen molar-refractivity contribution in [3.8, 4) is 0 Å². The van der Waals surface area contributed by atoms with Crippen molar-refractivity contribution in [2.24, 2.45) is 0 Å². The van der Waals surface area contributed by atoms with Crippen LogP contribution in [0.15, 0.2) is 0 Å². The molecule has 3 nitrogen and oxygen atoms in total. The molecule has 0 aromatic carbocycles. The van der Waals surface area contributed by atoms with Crippen LogP contribution < -0.4 is 5.32 Å². The molecule has 20 heavy (non-hydrogen) atoms. The summed E-state index contributed by atoms with van der Waals surface area (Å²) >= 11 is 0. The molecule has 0 heterocycles. The highest BCUT2D eigenvalue weighted by molar-refractivity contribution is 6.66. The molecule has 0 aliphatic heterocycles. The van der Waals surface area contributed by atoms with Crippen molar-refractivity contribution in [1.29, 1.82) is 0 Å². The van der Waals surface area contributed by atoms with Crippen LogP contribution in [0.25, 0.3) is 0 Å². The highest BCUT2D eigenvalue weighted by Gasteiger charge is 2.31. The molecule has 1 N–H and O–H groups in total. The summed E-state index contributed by atoms with van der Waals surface area (Å²) in [6.07, 6.45) is 9.27. The predicted octanol–water partition coefficient (Wildman–Crippen LogP) is 4.82. The van der Waals surface area contributed by atoms with Gasteiger partial charge in [0.25, 0.3) is 0 Å². The number of rotatable bonds is 14. The van der Waals surface area contributed by atoms with E-state index in [1.165, 1.54) is 38.5 Å². The van der Waals surface area contributed by atoms with Crippen LogP contribution in [0, 0.1) is 0 Å². The van der Waals surface area contributed by atoms with Gasteiger partial charge in [0, 0.05) is 6.61 Å². The number of nitrogens with one attached hydrogen (secondary N) is 1. The van der Waals surface area contributed by atoms with Crippen LogP contribution in [-0.2, 0) is 8.85 Å². The standard InChI is InChI=1S/C16H37NO2Si/c1-6-9-10-11-12-13-14-17-16(4)19-20(5,15-7-2)18-8-3/h16-17H,6-15H2,1-5H3. The fourth-order valence-electron chi connectivity index (χ4n) is 2.55. The maximum absolute atomic E-state index is 6.17. The first-order valence-corrected chi connectivity index (χ1v) is 11.2. The highest BCUT2D eigenvalue weighted by Crippen LogP contribution is 2.17. The van der Waals surface area contributed by atoms with E-state index in [1.54, 1.807) is 0 Å². The zero-order chi connectivity index (χ0) is 15.3. The van der Waals surface area contributed by atoms with Crippen LogP contribution >= 0.6 is 0 Å². The van der Waals surface area contributed by atoms with Crippen molar-refractivity contribution >= 4 is 8.56 Å². The zero-order valence-corrected chi connectivity index (χ0v) is 15.5. The maximum atomic E-state index is 6.17. The van der Waals surface area contributed by atoms with Gasteiger partial charge >= 0.3 is 8.56 Å². The van der Waals surface area contributed by atoms with Crippen molar-refractivity contribution in [2.45, 2.75) is 91.5 Å². The van der Waals surface area contributed by atoms with Crippen LogP contribution in [0.2, 0.25) is 12.6 Å². The molecule has 2 atom stereocenters. The van der Waals surface area contributed by atoms with E-state index in [0.717, 1.165) is 25.6 Å². The van der Waals surface area contributed by atoms with E-state index in [2.05, 4.69) is 39.6 Å². The largest absolute Gasteiger partial charge is 0.395 e. The van der Waals surface area contributed by atoms with Gasteiger partial charge in [0.1, 0.15) is 0 Å². The lowest BCUT2D eigenvalue weighted by Crippen LogP contribution is -2.45. The molecule has 0 aromatic heterocycles. The van der Waals surface area contributed by atoms with Gasteiger partial charge in [-0.25, -0.2) is 0 Å². The first kappa shape index (κ1) is 20.1. The van der Waals surface area contributed by atoms with Gasteiger partial charge in [-0.2, -0.15) is 0 Å². The van der Waals surface area contributed by atoms with Crippen LogP contribution in [0.3, 0.4) is 0 Å². The van der Waals surface area contributed by atoms with E-state index >= 15 is 0 Å². The average molecular weight is 304 g/mol. The normalized spacial score (nSPS) is 16.1. The minimum absolute atomic E-state index is 0.111. The summed E-state index contributed by atoms with van der Waals surface area (Å²) in [4.78, 5) is 0. The molecule has 0 spiro atoms. The molecule has 0 aliphatic carbocycles. The van der Waals surface area contributed by atoms with Crippen molar-refractivity contribution in [2.75, 3.05) is 13.2 Å². The Labute approximate surface area is 128 Å². The Bertz CT molecular complexity index is 209. The van der Waals surface area contributed by atoms with Gasteiger partial charge in [-0.05, 0) is 39.4 Å². The van der Waals surface area contributed by atoms with E-state index in [9.17, 15) is 0 Å². The Morgan fingerprint density at radius 1 is 0.950 bits per heavy atom. The van der Waals surface area contributed by atoms with Gasteiger partial charge in [0.05, 0.1) is 6.23 Å². The summed E-state index contributed by atoms with van der Waals surface area (Å²) < 4.78 is 12.1.